The molecule has 0 aliphatic carbocycles. The van der Waals surface area contributed by atoms with Gasteiger partial charge >= 0.3 is 0 Å². The zero-order valence-electron chi connectivity index (χ0n) is 13.2. The lowest BCUT2D eigenvalue weighted by Crippen LogP contribution is -2.37. The number of benzene rings is 1. The third-order valence-corrected chi connectivity index (χ3v) is 3.47. The van der Waals surface area contributed by atoms with Gasteiger partial charge in [-0.15, -0.1) is 0 Å². The fourth-order valence-electron chi connectivity index (χ4n) is 2.36. The van der Waals surface area contributed by atoms with Crippen LogP contribution in [0.1, 0.15) is 25.0 Å². The summed E-state index contributed by atoms with van der Waals surface area (Å²) in [5.74, 6) is 0.0588. The van der Waals surface area contributed by atoms with E-state index in [-0.39, 0.29) is 11.3 Å². The minimum absolute atomic E-state index is 0.0588. The highest BCUT2D eigenvalue weighted by Crippen LogP contribution is 2.19. The van der Waals surface area contributed by atoms with Crippen LogP contribution in [0.3, 0.4) is 0 Å². The van der Waals surface area contributed by atoms with Crippen LogP contribution in [0.4, 0.5) is 0 Å². The van der Waals surface area contributed by atoms with Crippen LogP contribution in [0, 0.1) is 5.41 Å². The first kappa shape index (κ1) is 17.8. The van der Waals surface area contributed by atoms with Gasteiger partial charge in [-0.05, 0) is 31.1 Å². The van der Waals surface area contributed by atoms with Crippen LogP contribution >= 0.6 is 11.6 Å². The van der Waals surface area contributed by atoms with Crippen molar-refractivity contribution in [1.29, 1.82) is 0 Å². The average Bonchev–Trinajstić information content (AvgIpc) is 2.38. The van der Waals surface area contributed by atoms with Crippen LogP contribution in [0.15, 0.2) is 23.4 Å². The van der Waals surface area contributed by atoms with Gasteiger partial charge in [-0.25, -0.2) is 0 Å². The first-order valence-corrected chi connectivity index (χ1v) is 7.25. The number of amidine groups is 1. The van der Waals surface area contributed by atoms with Gasteiger partial charge in [0.2, 0.25) is 0 Å². The van der Waals surface area contributed by atoms with E-state index in [1.165, 1.54) is 0 Å². The minimum atomic E-state index is 0.0588. The second-order valence-electron chi connectivity index (χ2n) is 6.30. The predicted molar refractivity (Wildman–Crippen MR) is 88.0 cm³/mol. The molecule has 1 aromatic rings. The second-order valence-corrected chi connectivity index (χ2v) is 6.70. The van der Waals surface area contributed by atoms with Crippen molar-refractivity contribution >= 4 is 17.4 Å². The van der Waals surface area contributed by atoms with E-state index >= 15 is 0 Å². The van der Waals surface area contributed by atoms with Crippen molar-refractivity contribution in [2.45, 2.75) is 20.4 Å². The van der Waals surface area contributed by atoms with Gasteiger partial charge in [0, 0.05) is 30.2 Å². The number of nitrogens with one attached hydrogen (secondary N) is 1. The number of nitrogens with two attached hydrogens (primary N) is 1. The molecule has 0 unspecified atom stereocenters. The van der Waals surface area contributed by atoms with Crippen LogP contribution in [-0.4, -0.2) is 43.1 Å². The topological polar surface area (TPSA) is 73.9 Å². The smallest absolute Gasteiger partial charge is 0.170 e. The normalized spacial score (nSPS) is 13.0. The van der Waals surface area contributed by atoms with Crippen LogP contribution in [0.25, 0.3) is 0 Å². The van der Waals surface area contributed by atoms with Gasteiger partial charge in [0.25, 0.3) is 0 Å². The summed E-state index contributed by atoms with van der Waals surface area (Å²) < 4.78 is 0. The highest BCUT2D eigenvalue weighted by Gasteiger charge is 2.18. The number of halogens is 1. The lowest BCUT2D eigenvalue weighted by Gasteiger charge is -2.28. The van der Waals surface area contributed by atoms with Crippen molar-refractivity contribution < 1.29 is 5.21 Å². The van der Waals surface area contributed by atoms with Crippen LogP contribution in [0.2, 0.25) is 5.02 Å². The van der Waals surface area contributed by atoms with Crippen molar-refractivity contribution in [3.8, 4) is 0 Å². The number of hydrogen-bond acceptors (Lipinski definition) is 4. The van der Waals surface area contributed by atoms with Crippen molar-refractivity contribution in [3.63, 3.8) is 0 Å². The molecule has 1 rings (SSSR count). The van der Waals surface area contributed by atoms with Crippen molar-refractivity contribution in [2.24, 2.45) is 16.3 Å². The van der Waals surface area contributed by atoms with Gasteiger partial charge in [0.15, 0.2) is 5.84 Å². The van der Waals surface area contributed by atoms with Gasteiger partial charge in [-0.3, -0.25) is 0 Å². The van der Waals surface area contributed by atoms with Crippen LogP contribution in [0.5, 0.6) is 0 Å². The van der Waals surface area contributed by atoms with E-state index in [1.54, 1.807) is 12.1 Å². The molecular formula is C15H25ClN4O. The molecular weight excluding hydrogens is 288 g/mol. The summed E-state index contributed by atoms with van der Waals surface area (Å²) in [4.78, 5) is 2.18. The fraction of sp³-hybridized carbons (Fsp3) is 0.533. The van der Waals surface area contributed by atoms with E-state index in [4.69, 9.17) is 22.5 Å². The molecule has 0 heterocycles. The number of hydrogen-bond donors (Lipinski definition) is 3. The summed E-state index contributed by atoms with van der Waals surface area (Å²) in [7, 11) is 4.15. The molecule has 0 aliphatic rings. The Morgan fingerprint density at radius 1 is 1.43 bits per heavy atom. The summed E-state index contributed by atoms with van der Waals surface area (Å²) in [6, 6.07) is 5.39. The maximum absolute atomic E-state index is 8.65. The highest BCUT2D eigenvalue weighted by atomic mass is 35.5. The number of rotatable bonds is 7. The molecule has 0 saturated heterocycles. The van der Waals surface area contributed by atoms with Crippen molar-refractivity contribution in [3.05, 3.63) is 34.3 Å². The molecule has 0 saturated carbocycles. The standard InChI is InChI=1S/C15H25ClN4O/c1-15(2,10-20(3)4)9-18-8-12-6-5-11(7-13(12)16)14(17)19-21/h5-7,18,21H,8-10H2,1-4H3,(H2,17,19). The SMILES string of the molecule is CN(C)CC(C)(C)CNCc1ccc(/C(N)=N/O)cc1Cl. The monoisotopic (exact) mass is 312 g/mol. The lowest BCUT2D eigenvalue weighted by molar-refractivity contribution is 0.232. The first-order valence-electron chi connectivity index (χ1n) is 6.87. The third-order valence-electron chi connectivity index (χ3n) is 3.12. The van der Waals surface area contributed by atoms with Crippen LogP contribution in [-0.2, 0) is 6.54 Å². The van der Waals surface area contributed by atoms with Crippen LogP contribution < -0.4 is 11.1 Å². The molecule has 5 nitrogen and oxygen atoms in total. The fourth-order valence-corrected chi connectivity index (χ4v) is 2.60. The molecule has 1 aromatic carbocycles. The Balaban J connectivity index is 2.61. The zero-order chi connectivity index (χ0) is 16.0. The summed E-state index contributed by atoms with van der Waals surface area (Å²) in [5, 5.41) is 15.7. The molecule has 6 heteroatoms. The molecule has 0 amide bonds. The van der Waals surface area contributed by atoms with Crippen molar-refractivity contribution in [2.75, 3.05) is 27.2 Å². The third kappa shape index (κ3) is 5.91. The Hall–Kier alpha value is -1.30. The van der Waals surface area contributed by atoms with E-state index in [0.717, 1.165) is 18.7 Å². The maximum atomic E-state index is 8.65. The molecule has 0 aromatic heterocycles. The molecule has 21 heavy (non-hydrogen) atoms. The molecule has 118 valence electrons. The molecule has 0 bridgehead atoms. The number of nitrogens with zero attached hydrogens (tertiary/aromatic N) is 2. The molecule has 0 aliphatic heterocycles. The zero-order valence-corrected chi connectivity index (χ0v) is 13.9. The van der Waals surface area contributed by atoms with E-state index in [9.17, 15) is 0 Å². The quantitative estimate of drug-likeness (QED) is 0.312. The molecule has 0 spiro atoms. The Bertz CT molecular complexity index is 500. The van der Waals surface area contributed by atoms with E-state index < -0.39 is 0 Å². The Morgan fingerprint density at radius 3 is 2.62 bits per heavy atom. The molecule has 4 N–H and O–H groups in total. The minimum Gasteiger partial charge on any atom is -0.409 e. The summed E-state index contributed by atoms with van der Waals surface area (Å²) in [5.41, 5.74) is 7.33. The first-order chi connectivity index (χ1) is 9.75. The van der Waals surface area contributed by atoms with Gasteiger partial charge in [0.05, 0.1) is 0 Å². The maximum Gasteiger partial charge on any atom is 0.170 e. The average molecular weight is 313 g/mol. The largest absolute Gasteiger partial charge is 0.409 e. The summed E-state index contributed by atoms with van der Waals surface area (Å²) in [6.07, 6.45) is 0. The second kappa shape index (κ2) is 7.64. The Labute approximate surface area is 131 Å². The van der Waals surface area contributed by atoms with E-state index in [2.05, 4.69) is 43.3 Å². The van der Waals surface area contributed by atoms with Crippen molar-refractivity contribution in [1.82, 2.24) is 10.2 Å². The Morgan fingerprint density at radius 2 is 2.10 bits per heavy atom. The molecule has 0 atom stereocenters. The number of oxime groups is 1. The van der Waals surface area contributed by atoms with Gasteiger partial charge in [-0.2, -0.15) is 0 Å². The molecule has 0 radical (unpaired) electrons. The summed E-state index contributed by atoms with van der Waals surface area (Å²) in [6.45, 7) is 7.04. The van der Waals surface area contributed by atoms with Gasteiger partial charge in [0.1, 0.15) is 0 Å². The van der Waals surface area contributed by atoms with Gasteiger partial charge in [-0.1, -0.05) is 42.7 Å². The lowest BCUT2D eigenvalue weighted by atomic mass is 9.93. The van der Waals surface area contributed by atoms with E-state index in [1.807, 2.05) is 6.07 Å². The van der Waals surface area contributed by atoms with Gasteiger partial charge < -0.3 is 21.2 Å². The predicted octanol–water partition coefficient (Wildman–Crippen LogP) is 2.11. The van der Waals surface area contributed by atoms with E-state index in [0.29, 0.717) is 17.1 Å². The summed E-state index contributed by atoms with van der Waals surface area (Å²) >= 11 is 6.22. The Kier molecular flexibility index (Phi) is 6.45. The highest BCUT2D eigenvalue weighted by molar-refractivity contribution is 6.31. The molecule has 0 fully saturated rings.